The van der Waals surface area contributed by atoms with Gasteiger partial charge in [-0.05, 0) is 42.9 Å². The minimum atomic E-state index is -0.326. The molecule has 0 radical (unpaired) electrons. The SMILES string of the molecule is CC(C)C1CNC(C2CC2)CN1c1ccc(Cl)c(F)c1. The van der Waals surface area contributed by atoms with Gasteiger partial charge >= 0.3 is 0 Å². The predicted octanol–water partition coefficient (Wildman–Crippen LogP) is 3.69. The summed E-state index contributed by atoms with van der Waals surface area (Å²) in [7, 11) is 0. The van der Waals surface area contributed by atoms with Crippen molar-refractivity contribution in [1.29, 1.82) is 0 Å². The Hall–Kier alpha value is -0.800. The van der Waals surface area contributed by atoms with Crippen molar-refractivity contribution in [2.45, 2.75) is 38.8 Å². The van der Waals surface area contributed by atoms with Crippen LogP contribution in [0.2, 0.25) is 5.02 Å². The molecule has 3 rings (SSSR count). The van der Waals surface area contributed by atoms with Crippen LogP contribution in [0.4, 0.5) is 10.1 Å². The maximum absolute atomic E-state index is 13.8. The fourth-order valence-corrected chi connectivity index (χ4v) is 3.28. The van der Waals surface area contributed by atoms with Crippen molar-refractivity contribution in [3.8, 4) is 0 Å². The van der Waals surface area contributed by atoms with Gasteiger partial charge in [0.05, 0.1) is 5.02 Å². The lowest BCUT2D eigenvalue weighted by atomic mass is 9.96. The Balaban J connectivity index is 1.85. The van der Waals surface area contributed by atoms with Gasteiger partial charge in [0.2, 0.25) is 0 Å². The van der Waals surface area contributed by atoms with Crippen LogP contribution in [0.3, 0.4) is 0 Å². The number of benzene rings is 1. The number of piperazine rings is 1. The van der Waals surface area contributed by atoms with Crippen LogP contribution >= 0.6 is 11.6 Å². The maximum atomic E-state index is 13.8. The van der Waals surface area contributed by atoms with Gasteiger partial charge in [-0.3, -0.25) is 0 Å². The van der Waals surface area contributed by atoms with Crippen molar-refractivity contribution >= 4 is 17.3 Å². The smallest absolute Gasteiger partial charge is 0.143 e. The monoisotopic (exact) mass is 296 g/mol. The van der Waals surface area contributed by atoms with Crippen LogP contribution in [0.15, 0.2) is 18.2 Å². The third-order valence-corrected chi connectivity index (χ3v) is 4.88. The predicted molar refractivity (Wildman–Crippen MR) is 81.9 cm³/mol. The van der Waals surface area contributed by atoms with Gasteiger partial charge in [-0.15, -0.1) is 0 Å². The molecule has 1 aliphatic carbocycles. The zero-order valence-electron chi connectivity index (χ0n) is 12.1. The van der Waals surface area contributed by atoms with E-state index in [4.69, 9.17) is 11.6 Å². The first kappa shape index (κ1) is 14.2. The zero-order chi connectivity index (χ0) is 14.3. The van der Waals surface area contributed by atoms with Gasteiger partial charge in [0.15, 0.2) is 0 Å². The number of halogens is 2. The van der Waals surface area contributed by atoms with Gasteiger partial charge in [0.1, 0.15) is 5.82 Å². The second-order valence-corrected chi connectivity index (χ2v) is 6.82. The molecule has 2 unspecified atom stereocenters. The third kappa shape index (κ3) is 2.79. The molecule has 1 aliphatic heterocycles. The first-order valence-electron chi connectivity index (χ1n) is 7.51. The molecule has 1 saturated carbocycles. The van der Waals surface area contributed by atoms with Crippen molar-refractivity contribution in [3.63, 3.8) is 0 Å². The van der Waals surface area contributed by atoms with Gasteiger partial charge in [-0.1, -0.05) is 25.4 Å². The highest BCUT2D eigenvalue weighted by Gasteiger charge is 2.38. The highest BCUT2D eigenvalue weighted by Crippen LogP contribution is 2.36. The molecule has 0 spiro atoms. The molecule has 1 aromatic rings. The molecular formula is C16H22ClFN2. The van der Waals surface area contributed by atoms with E-state index in [1.54, 1.807) is 12.1 Å². The van der Waals surface area contributed by atoms with Crippen LogP contribution in [-0.2, 0) is 0 Å². The van der Waals surface area contributed by atoms with Gasteiger partial charge in [0, 0.05) is 30.9 Å². The van der Waals surface area contributed by atoms with E-state index in [0.717, 1.165) is 24.7 Å². The second-order valence-electron chi connectivity index (χ2n) is 6.41. The summed E-state index contributed by atoms with van der Waals surface area (Å²) in [5, 5.41) is 3.87. The molecule has 20 heavy (non-hydrogen) atoms. The Morgan fingerprint density at radius 1 is 1.35 bits per heavy atom. The van der Waals surface area contributed by atoms with E-state index in [9.17, 15) is 4.39 Å². The highest BCUT2D eigenvalue weighted by molar-refractivity contribution is 6.30. The summed E-state index contributed by atoms with van der Waals surface area (Å²) in [5.41, 5.74) is 0.956. The molecule has 2 atom stereocenters. The first-order chi connectivity index (χ1) is 9.56. The molecule has 110 valence electrons. The van der Waals surface area contributed by atoms with Crippen LogP contribution in [0.5, 0.6) is 0 Å². The average molecular weight is 297 g/mol. The quantitative estimate of drug-likeness (QED) is 0.915. The lowest BCUT2D eigenvalue weighted by molar-refractivity contribution is 0.320. The summed E-state index contributed by atoms with van der Waals surface area (Å²) in [6.07, 6.45) is 2.65. The van der Waals surface area contributed by atoms with E-state index in [1.807, 2.05) is 6.07 Å². The van der Waals surface area contributed by atoms with Gasteiger partial charge in [0.25, 0.3) is 0 Å². The van der Waals surface area contributed by atoms with E-state index < -0.39 is 0 Å². The molecule has 1 saturated heterocycles. The van der Waals surface area contributed by atoms with Crippen LogP contribution in [-0.4, -0.2) is 25.2 Å². The molecule has 4 heteroatoms. The number of hydrogen-bond donors (Lipinski definition) is 1. The molecule has 1 heterocycles. The second kappa shape index (κ2) is 5.53. The summed E-state index contributed by atoms with van der Waals surface area (Å²) in [5.74, 6) is 1.01. The fraction of sp³-hybridized carbons (Fsp3) is 0.625. The number of nitrogens with zero attached hydrogens (tertiary/aromatic N) is 1. The van der Waals surface area contributed by atoms with Crippen molar-refractivity contribution in [2.75, 3.05) is 18.0 Å². The fourth-order valence-electron chi connectivity index (χ4n) is 3.16. The van der Waals surface area contributed by atoms with Gasteiger partial charge in [-0.25, -0.2) is 4.39 Å². The minimum Gasteiger partial charge on any atom is -0.365 e. The molecule has 0 aromatic heterocycles. The molecular weight excluding hydrogens is 275 g/mol. The largest absolute Gasteiger partial charge is 0.365 e. The average Bonchev–Trinajstić information content (AvgIpc) is 3.25. The maximum Gasteiger partial charge on any atom is 0.143 e. The molecule has 2 fully saturated rings. The lowest BCUT2D eigenvalue weighted by Gasteiger charge is -2.44. The number of rotatable bonds is 3. The van der Waals surface area contributed by atoms with Crippen molar-refractivity contribution in [1.82, 2.24) is 5.32 Å². The Kier molecular flexibility index (Phi) is 3.91. The molecule has 0 amide bonds. The molecule has 1 aromatic carbocycles. The van der Waals surface area contributed by atoms with Crippen LogP contribution in [0.1, 0.15) is 26.7 Å². The summed E-state index contributed by atoms with van der Waals surface area (Å²) < 4.78 is 13.8. The topological polar surface area (TPSA) is 15.3 Å². The van der Waals surface area contributed by atoms with Crippen LogP contribution in [0, 0.1) is 17.7 Å². The standard InChI is InChI=1S/C16H22ClFN2/c1-10(2)16-8-19-15(11-3-4-11)9-20(16)12-5-6-13(17)14(18)7-12/h5-7,10-11,15-16,19H,3-4,8-9H2,1-2H3. The Bertz CT molecular complexity index is 487. The van der Waals surface area contributed by atoms with E-state index in [0.29, 0.717) is 18.0 Å². The molecule has 2 aliphatic rings. The number of hydrogen-bond acceptors (Lipinski definition) is 2. The van der Waals surface area contributed by atoms with E-state index in [-0.39, 0.29) is 10.8 Å². The van der Waals surface area contributed by atoms with Crippen LogP contribution in [0.25, 0.3) is 0 Å². The number of anilines is 1. The normalized spacial score (nSPS) is 27.1. The Morgan fingerprint density at radius 3 is 2.70 bits per heavy atom. The van der Waals surface area contributed by atoms with Crippen molar-refractivity contribution < 1.29 is 4.39 Å². The Morgan fingerprint density at radius 2 is 2.10 bits per heavy atom. The lowest BCUT2D eigenvalue weighted by Crippen LogP contribution is -2.59. The van der Waals surface area contributed by atoms with E-state index in [1.165, 1.54) is 12.8 Å². The summed E-state index contributed by atoms with van der Waals surface area (Å²) in [6.45, 7) is 6.39. The Labute approximate surface area is 125 Å². The summed E-state index contributed by atoms with van der Waals surface area (Å²) >= 11 is 5.80. The van der Waals surface area contributed by atoms with E-state index in [2.05, 4.69) is 24.1 Å². The highest BCUT2D eigenvalue weighted by atomic mass is 35.5. The molecule has 0 bridgehead atoms. The number of nitrogens with one attached hydrogen (secondary N) is 1. The summed E-state index contributed by atoms with van der Waals surface area (Å²) in [4.78, 5) is 2.36. The van der Waals surface area contributed by atoms with E-state index >= 15 is 0 Å². The molecule has 1 N–H and O–H groups in total. The van der Waals surface area contributed by atoms with Crippen LogP contribution < -0.4 is 10.2 Å². The van der Waals surface area contributed by atoms with Crippen molar-refractivity contribution in [2.24, 2.45) is 11.8 Å². The minimum absolute atomic E-state index is 0.198. The zero-order valence-corrected chi connectivity index (χ0v) is 12.8. The summed E-state index contributed by atoms with van der Waals surface area (Å²) in [6, 6.07) is 6.13. The van der Waals surface area contributed by atoms with Gasteiger partial charge < -0.3 is 10.2 Å². The third-order valence-electron chi connectivity index (χ3n) is 4.58. The van der Waals surface area contributed by atoms with Crippen molar-refractivity contribution in [3.05, 3.63) is 29.0 Å². The first-order valence-corrected chi connectivity index (χ1v) is 7.89. The molecule has 2 nitrogen and oxygen atoms in total. The van der Waals surface area contributed by atoms with Gasteiger partial charge in [-0.2, -0.15) is 0 Å².